The number of benzene rings is 1. The summed E-state index contributed by atoms with van der Waals surface area (Å²) < 4.78 is 1.96. The summed E-state index contributed by atoms with van der Waals surface area (Å²) in [6.07, 6.45) is 9.10. The number of aromatic nitrogens is 2. The highest BCUT2D eigenvalue weighted by Gasteiger charge is 2.20. The molecule has 1 heterocycles. The van der Waals surface area contributed by atoms with Crippen LogP contribution < -0.4 is 0 Å². The predicted molar refractivity (Wildman–Crippen MR) is 98.2 cm³/mol. The molecule has 0 saturated heterocycles. The first-order valence-electron chi connectivity index (χ1n) is 7.70. The molecule has 1 atom stereocenters. The van der Waals surface area contributed by atoms with Gasteiger partial charge in [-0.25, -0.2) is 4.98 Å². The van der Waals surface area contributed by atoms with Crippen LogP contribution in [0.4, 0.5) is 0 Å². The lowest BCUT2D eigenvalue weighted by Gasteiger charge is -2.18. The Kier molecular flexibility index (Phi) is 7.47. The second-order valence-corrected chi connectivity index (χ2v) is 7.46. The molecule has 0 bridgehead atoms. The van der Waals surface area contributed by atoms with Gasteiger partial charge in [-0.1, -0.05) is 60.8 Å². The third-order valence-electron chi connectivity index (χ3n) is 3.50. The maximum Gasteiger partial charge on any atom is 0.189 e. The van der Waals surface area contributed by atoms with Gasteiger partial charge in [0.05, 0.1) is 11.6 Å². The highest BCUT2D eigenvalue weighted by molar-refractivity contribution is 8.13. The fraction of sp³-hybridized carbons (Fsp3) is 0.412. The number of carbonyl (C=O) groups is 1. The third kappa shape index (κ3) is 5.87. The van der Waals surface area contributed by atoms with Crippen molar-refractivity contribution < 1.29 is 4.79 Å². The largest absolute Gasteiger partial charge is 0.336 e. The van der Waals surface area contributed by atoms with Crippen LogP contribution in [0.5, 0.6) is 0 Å². The summed E-state index contributed by atoms with van der Waals surface area (Å²) >= 11 is 13.7. The quantitative estimate of drug-likeness (QED) is 0.553. The summed E-state index contributed by atoms with van der Waals surface area (Å²) in [5, 5.41) is 1.34. The average molecular weight is 371 g/mol. The highest BCUT2D eigenvalue weighted by atomic mass is 35.5. The highest BCUT2D eigenvalue weighted by Crippen LogP contribution is 2.37. The molecule has 0 aliphatic heterocycles. The molecule has 2 rings (SSSR count). The molecule has 23 heavy (non-hydrogen) atoms. The second kappa shape index (κ2) is 9.36. The van der Waals surface area contributed by atoms with E-state index in [1.807, 2.05) is 22.9 Å². The normalized spacial score (nSPS) is 12.3. The Morgan fingerprint density at radius 2 is 2.17 bits per heavy atom. The Balaban J connectivity index is 2.12. The number of unbranched alkanes of at least 4 members (excludes halogenated alkanes) is 2. The van der Waals surface area contributed by atoms with Crippen LogP contribution in [0.1, 0.15) is 43.4 Å². The molecule has 0 N–H and O–H groups in total. The molecule has 1 aromatic carbocycles. The molecule has 1 unspecified atom stereocenters. The van der Waals surface area contributed by atoms with Crippen LogP contribution in [0.2, 0.25) is 10.0 Å². The zero-order valence-corrected chi connectivity index (χ0v) is 15.4. The minimum absolute atomic E-state index is 0.0527. The number of imidazole rings is 1. The summed E-state index contributed by atoms with van der Waals surface area (Å²) in [7, 11) is 0. The van der Waals surface area contributed by atoms with E-state index in [-0.39, 0.29) is 10.4 Å². The van der Waals surface area contributed by atoms with Crippen molar-refractivity contribution in [2.24, 2.45) is 0 Å². The van der Waals surface area contributed by atoms with Crippen LogP contribution in [0.3, 0.4) is 0 Å². The maximum absolute atomic E-state index is 12.3. The zero-order valence-electron chi connectivity index (χ0n) is 13.0. The minimum Gasteiger partial charge on any atom is -0.336 e. The lowest BCUT2D eigenvalue weighted by Crippen LogP contribution is -2.08. The topological polar surface area (TPSA) is 34.9 Å². The molecule has 0 aliphatic rings. The van der Waals surface area contributed by atoms with E-state index in [0.29, 0.717) is 23.0 Å². The molecular formula is C17H20Cl2N2OS. The molecule has 0 fully saturated rings. The molecule has 0 aliphatic carbocycles. The number of carbonyl (C=O) groups excluding carboxylic acids is 1. The number of rotatable bonds is 8. The molecule has 0 spiro atoms. The Labute approximate surface area is 151 Å². The van der Waals surface area contributed by atoms with Crippen LogP contribution in [0.25, 0.3) is 0 Å². The third-order valence-corrected chi connectivity index (χ3v) is 5.22. The van der Waals surface area contributed by atoms with Gasteiger partial charge in [0.25, 0.3) is 0 Å². The molecule has 0 saturated carbocycles. The molecule has 1 aromatic heterocycles. The molecule has 0 amide bonds. The van der Waals surface area contributed by atoms with Crippen molar-refractivity contribution in [3.63, 3.8) is 0 Å². The first-order chi connectivity index (χ1) is 11.1. The summed E-state index contributed by atoms with van der Waals surface area (Å²) in [4.78, 5) is 16.3. The van der Waals surface area contributed by atoms with E-state index in [1.165, 1.54) is 11.8 Å². The number of thioether (sulfide) groups is 1. The fourth-order valence-corrected chi connectivity index (χ4v) is 4.05. The maximum atomic E-state index is 12.3. The van der Waals surface area contributed by atoms with E-state index in [0.717, 1.165) is 24.8 Å². The Morgan fingerprint density at radius 1 is 1.35 bits per heavy atom. The van der Waals surface area contributed by atoms with Crippen molar-refractivity contribution in [3.05, 3.63) is 52.5 Å². The monoisotopic (exact) mass is 370 g/mol. The van der Waals surface area contributed by atoms with E-state index < -0.39 is 0 Å². The van der Waals surface area contributed by atoms with Crippen molar-refractivity contribution in [3.8, 4) is 0 Å². The van der Waals surface area contributed by atoms with Gasteiger partial charge in [-0.3, -0.25) is 4.79 Å². The van der Waals surface area contributed by atoms with E-state index in [2.05, 4.69) is 11.9 Å². The van der Waals surface area contributed by atoms with Crippen molar-refractivity contribution in [2.45, 2.75) is 44.4 Å². The summed E-state index contributed by atoms with van der Waals surface area (Å²) in [5.74, 6) is 0. The van der Waals surface area contributed by atoms with Gasteiger partial charge in [0.15, 0.2) is 5.12 Å². The van der Waals surface area contributed by atoms with Gasteiger partial charge in [-0.2, -0.15) is 0 Å². The second-order valence-electron chi connectivity index (χ2n) is 5.36. The molecule has 6 heteroatoms. The summed E-state index contributed by atoms with van der Waals surface area (Å²) in [5.41, 5.74) is 0.929. The van der Waals surface area contributed by atoms with Crippen LogP contribution in [0, 0.1) is 0 Å². The molecule has 2 aromatic rings. The van der Waals surface area contributed by atoms with Crippen molar-refractivity contribution in [2.75, 3.05) is 0 Å². The van der Waals surface area contributed by atoms with E-state index >= 15 is 0 Å². The van der Waals surface area contributed by atoms with E-state index in [9.17, 15) is 4.79 Å². The number of hydrogen-bond acceptors (Lipinski definition) is 3. The minimum atomic E-state index is -0.0527. The smallest absolute Gasteiger partial charge is 0.189 e. The van der Waals surface area contributed by atoms with Gasteiger partial charge >= 0.3 is 0 Å². The fourth-order valence-electron chi connectivity index (χ4n) is 2.28. The molecule has 124 valence electrons. The van der Waals surface area contributed by atoms with Gasteiger partial charge in [-0.05, 0) is 24.1 Å². The predicted octanol–water partition coefficient (Wildman–Crippen LogP) is 5.77. The molecular weight excluding hydrogens is 351 g/mol. The molecule has 0 radical (unpaired) electrons. The SMILES string of the molecule is CCCCCC(=O)SC(Cn1ccnc1)c1ccc(Cl)cc1Cl. The lowest BCUT2D eigenvalue weighted by molar-refractivity contribution is -0.111. The molecule has 3 nitrogen and oxygen atoms in total. The van der Waals surface area contributed by atoms with Gasteiger partial charge in [0, 0.05) is 35.4 Å². The Morgan fingerprint density at radius 3 is 2.83 bits per heavy atom. The Bertz CT molecular complexity index is 632. The average Bonchev–Trinajstić information content (AvgIpc) is 3.00. The number of hydrogen-bond donors (Lipinski definition) is 0. The standard InChI is InChI=1S/C17H20Cl2N2OS/c1-2-3-4-5-17(22)23-16(11-21-9-8-20-12-21)14-7-6-13(18)10-15(14)19/h6-10,12,16H,2-5,11H2,1H3. The lowest BCUT2D eigenvalue weighted by atomic mass is 10.1. The van der Waals surface area contributed by atoms with Crippen molar-refractivity contribution in [1.82, 2.24) is 9.55 Å². The van der Waals surface area contributed by atoms with Gasteiger partial charge in [0.1, 0.15) is 0 Å². The van der Waals surface area contributed by atoms with Crippen LogP contribution >= 0.6 is 35.0 Å². The van der Waals surface area contributed by atoms with Crippen LogP contribution in [-0.4, -0.2) is 14.7 Å². The van der Waals surface area contributed by atoms with Gasteiger partial charge in [-0.15, -0.1) is 0 Å². The van der Waals surface area contributed by atoms with E-state index in [4.69, 9.17) is 23.2 Å². The number of halogens is 2. The van der Waals surface area contributed by atoms with Crippen LogP contribution in [0.15, 0.2) is 36.9 Å². The first kappa shape index (κ1) is 18.4. The summed E-state index contributed by atoms with van der Waals surface area (Å²) in [6.45, 7) is 2.78. The zero-order chi connectivity index (χ0) is 16.7. The first-order valence-corrected chi connectivity index (χ1v) is 9.34. The van der Waals surface area contributed by atoms with Gasteiger partial charge in [0.2, 0.25) is 0 Å². The van der Waals surface area contributed by atoms with Gasteiger partial charge < -0.3 is 4.57 Å². The van der Waals surface area contributed by atoms with E-state index in [1.54, 1.807) is 18.6 Å². The van der Waals surface area contributed by atoms with Crippen molar-refractivity contribution in [1.29, 1.82) is 0 Å². The Hall–Kier alpha value is -0.970. The summed E-state index contributed by atoms with van der Waals surface area (Å²) in [6, 6.07) is 5.44. The van der Waals surface area contributed by atoms with Crippen LogP contribution in [-0.2, 0) is 11.3 Å². The van der Waals surface area contributed by atoms with Crippen molar-refractivity contribution >= 4 is 40.1 Å². The number of nitrogens with zero attached hydrogens (tertiary/aromatic N) is 2.